The minimum Gasteiger partial charge on any atom is -0.464 e. The Morgan fingerprint density at radius 3 is 2.45 bits per heavy atom. The van der Waals surface area contributed by atoms with Crippen molar-refractivity contribution >= 4 is 14.4 Å². The maximum absolute atomic E-state index is 12.2. The summed E-state index contributed by atoms with van der Waals surface area (Å²) in [6, 6.07) is 9.84. The zero-order chi connectivity index (χ0) is 14.8. The predicted molar refractivity (Wildman–Crippen MR) is 78.2 cm³/mol. The highest BCUT2D eigenvalue weighted by molar-refractivity contribution is 7.23. The van der Waals surface area contributed by atoms with Gasteiger partial charge in [-0.1, -0.05) is 30.3 Å². The first-order valence-corrected chi connectivity index (χ1v) is 7.82. The van der Waals surface area contributed by atoms with Crippen LogP contribution in [-0.2, 0) is 25.3 Å². The van der Waals surface area contributed by atoms with Crippen LogP contribution >= 0.6 is 8.46 Å². The zero-order valence-corrected chi connectivity index (χ0v) is 12.9. The number of hydrogen-bond acceptors (Lipinski definition) is 4. The highest BCUT2D eigenvalue weighted by atomic mass is 31.1. The average molecular weight is 296 g/mol. The van der Waals surface area contributed by atoms with Crippen molar-refractivity contribution in [3.05, 3.63) is 35.9 Å². The van der Waals surface area contributed by atoms with E-state index in [0.29, 0.717) is 19.4 Å². The monoisotopic (exact) mass is 296 g/mol. The standard InChI is InChI=1S/C15H21O4P/c1-3-18-14(16)15(12-20-17,19-4-2)11-10-13-8-6-5-7-9-13/h5-9H,3-4,10-12H2,1-2H3. The molecule has 1 rings (SSSR count). The molecule has 0 radical (unpaired) electrons. The molecule has 0 aromatic heterocycles. The lowest BCUT2D eigenvalue weighted by Gasteiger charge is -2.29. The van der Waals surface area contributed by atoms with Gasteiger partial charge in [-0.3, -0.25) is 4.57 Å². The molecular formula is C15H21O4P. The van der Waals surface area contributed by atoms with Crippen molar-refractivity contribution in [3.8, 4) is 0 Å². The number of ether oxygens (including phenoxy) is 2. The van der Waals surface area contributed by atoms with Crippen LogP contribution in [0.1, 0.15) is 25.8 Å². The second-order valence-corrected chi connectivity index (χ2v) is 5.00. The fourth-order valence-corrected chi connectivity index (χ4v) is 2.64. The third kappa shape index (κ3) is 4.69. The van der Waals surface area contributed by atoms with Gasteiger partial charge in [0.15, 0.2) is 14.1 Å². The molecule has 0 aliphatic heterocycles. The Balaban J connectivity index is 2.84. The first-order chi connectivity index (χ1) is 9.68. The van der Waals surface area contributed by atoms with Gasteiger partial charge in [0.1, 0.15) is 0 Å². The van der Waals surface area contributed by atoms with Crippen LogP contribution in [0.25, 0.3) is 0 Å². The summed E-state index contributed by atoms with van der Waals surface area (Å²) in [7, 11) is -0.115. The Kier molecular flexibility index (Phi) is 7.42. The molecule has 0 saturated carbocycles. The molecule has 0 spiro atoms. The summed E-state index contributed by atoms with van der Waals surface area (Å²) in [4.78, 5) is 12.2. The van der Waals surface area contributed by atoms with Crippen LogP contribution in [0.3, 0.4) is 0 Å². The van der Waals surface area contributed by atoms with Crippen molar-refractivity contribution in [3.63, 3.8) is 0 Å². The molecule has 0 N–H and O–H groups in total. The largest absolute Gasteiger partial charge is 0.464 e. The van der Waals surface area contributed by atoms with E-state index in [-0.39, 0.29) is 21.2 Å². The van der Waals surface area contributed by atoms with Gasteiger partial charge in [0.2, 0.25) is 0 Å². The summed E-state index contributed by atoms with van der Waals surface area (Å²) in [5.74, 6) is -0.430. The maximum atomic E-state index is 12.2. The molecule has 1 atom stereocenters. The number of carbonyl (C=O) groups is 1. The smallest absolute Gasteiger partial charge is 0.339 e. The number of rotatable bonds is 9. The van der Waals surface area contributed by atoms with E-state index in [1.807, 2.05) is 37.3 Å². The van der Waals surface area contributed by atoms with E-state index in [2.05, 4.69) is 0 Å². The Labute approximate surface area is 121 Å². The van der Waals surface area contributed by atoms with Crippen molar-refractivity contribution in [2.75, 3.05) is 19.4 Å². The molecule has 1 aromatic rings. The first kappa shape index (κ1) is 16.8. The quantitative estimate of drug-likeness (QED) is 0.518. The molecule has 1 aromatic carbocycles. The number of benzene rings is 1. The summed E-state index contributed by atoms with van der Waals surface area (Å²) in [6.45, 7) is 4.23. The van der Waals surface area contributed by atoms with Crippen molar-refractivity contribution in [2.45, 2.75) is 32.3 Å². The molecule has 4 nitrogen and oxygen atoms in total. The second kappa shape index (κ2) is 8.83. The first-order valence-electron chi connectivity index (χ1n) is 6.82. The fourth-order valence-electron chi connectivity index (χ4n) is 2.06. The van der Waals surface area contributed by atoms with E-state index >= 15 is 0 Å². The summed E-state index contributed by atoms with van der Waals surface area (Å²) in [5.41, 5.74) is -0.00683. The predicted octanol–water partition coefficient (Wildman–Crippen LogP) is 3.25. The molecule has 0 saturated heterocycles. The average Bonchev–Trinajstić information content (AvgIpc) is 2.46. The Hall–Kier alpha value is -1.25. The lowest BCUT2D eigenvalue weighted by molar-refractivity contribution is -0.169. The van der Waals surface area contributed by atoms with E-state index in [1.54, 1.807) is 6.92 Å². The fraction of sp³-hybridized carbons (Fsp3) is 0.533. The number of aryl methyl sites for hydroxylation is 1. The van der Waals surface area contributed by atoms with E-state index in [9.17, 15) is 9.36 Å². The minimum atomic E-state index is -1.12. The second-order valence-electron chi connectivity index (χ2n) is 4.42. The third-order valence-corrected chi connectivity index (χ3v) is 3.69. The van der Waals surface area contributed by atoms with Crippen LogP contribution in [0.2, 0.25) is 0 Å². The van der Waals surface area contributed by atoms with Crippen LogP contribution in [0.4, 0.5) is 0 Å². The molecular weight excluding hydrogens is 275 g/mol. The molecule has 0 bridgehead atoms. The highest BCUT2D eigenvalue weighted by Crippen LogP contribution is 2.25. The highest BCUT2D eigenvalue weighted by Gasteiger charge is 2.40. The van der Waals surface area contributed by atoms with E-state index in [1.165, 1.54) is 0 Å². The lowest BCUT2D eigenvalue weighted by atomic mass is 9.96. The normalized spacial score (nSPS) is 13.9. The molecule has 0 heterocycles. The van der Waals surface area contributed by atoms with Gasteiger partial charge in [0, 0.05) is 6.61 Å². The molecule has 20 heavy (non-hydrogen) atoms. The molecule has 0 fully saturated rings. The molecule has 5 heteroatoms. The van der Waals surface area contributed by atoms with E-state index in [4.69, 9.17) is 9.47 Å². The van der Waals surface area contributed by atoms with Gasteiger partial charge in [-0.05, 0) is 32.3 Å². The van der Waals surface area contributed by atoms with Gasteiger partial charge in [-0.2, -0.15) is 0 Å². The third-order valence-electron chi connectivity index (χ3n) is 3.05. The summed E-state index contributed by atoms with van der Waals surface area (Å²) in [5, 5.41) is 0. The number of esters is 1. The minimum absolute atomic E-state index is 0.115. The zero-order valence-electron chi connectivity index (χ0n) is 12.0. The Morgan fingerprint density at radius 2 is 1.90 bits per heavy atom. The maximum Gasteiger partial charge on any atom is 0.339 e. The summed E-state index contributed by atoms with van der Waals surface area (Å²) in [6.07, 6.45) is 1.25. The summed E-state index contributed by atoms with van der Waals surface area (Å²) >= 11 is 0. The van der Waals surface area contributed by atoms with E-state index < -0.39 is 11.6 Å². The van der Waals surface area contributed by atoms with Crippen molar-refractivity contribution < 1.29 is 18.8 Å². The SMILES string of the molecule is CCOC(=O)C(CCc1ccccc1)(CP=O)OCC. The molecule has 0 aliphatic carbocycles. The van der Waals surface area contributed by atoms with Crippen molar-refractivity contribution in [2.24, 2.45) is 0 Å². The Morgan fingerprint density at radius 1 is 1.20 bits per heavy atom. The van der Waals surface area contributed by atoms with Gasteiger partial charge in [0.25, 0.3) is 0 Å². The lowest BCUT2D eigenvalue weighted by Crippen LogP contribution is -2.45. The van der Waals surface area contributed by atoms with Gasteiger partial charge in [0.05, 0.1) is 12.8 Å². The van der Waals surface area contributed by atoms with Gasteiger partial charge in [-0.25, -0.2) is 4.79 Å². The van der Waals surface area contributed by atoms with Crippen LogP contribution in [0, 0.1) is 0 Å². The van der Waals surface area contributed by atoms with Crippen molar-refractivity contribution in [1.29, 1.82) is 0 Å². The molecule has 0 amide bonds. The number of carbonyl (C=O) groups excluding carboxylic acids is 1. The molecule has 110 valence electrons. The number of hydrogen-bond donors (Lipinski definition) is 0. The van der Waals surface area contributed by atoms with Gasteiger partial charge in [-0.15, -0.1) is 0 Å². The van der Waals surface area contributed by atoms with Gasteiger partial charge < -0.3 is 9.47 Å². The van der Waals surface area contributed by atoms with Crippen molar-refractivity contribution in [1.82, 2.24) is 0 Å². The van der Waals surface area contributed by atoms with Gasteiger partial charge >= 0.3 is 5.97 Å². The van der Waals surface area contributed by atoms with Crippen LogP contribution in [0.15, 0.2) is 30.3 Å². The van der Waals surface area contributed by atoms with Crippen LogP contribution in [-0.4, -0.2) is 30.9 Å². The summed E-state index contributed by atoms with van der Waals surface area (Å²) < 4.78 is 21.7. The van der Waals surface area contributed by atoms with Crippen LogP contribution < -0.4 is 0 Å². The Bertz CT molecular complexity index is 421. The molecule has 1 unspecified atom stereocenters. The topological polar surface area (TPSA) is 52.6 Å². The van der Waals surface area contributed by atoms with E-state index in [0.717, 1.165) is 5.56 Å². The molecule has 0 aliphatic rings. The van der Waals surface area contributed by atoms with Crippen LogP contribution in [0.5, 0.6) is 0 Å².